The fraction of sp³-hybridized carbons (Fsp3) is 0.818. The summed E-state index contributed by atoms with van der Waals surface area (Å²) < 4.78 is 5.32. The smallest absolute Gasteiger partial charge is 0.233 e. The second kappa shape index (κ2) is 5.88. The van der Waals surface area contributed by atoms with Crippen molar-refractivity contribution in [1.29, 1.82) is 0 Å². The van der Waals surface area contributed by atoms with Crippen LogP contribution in [0.15, 0.2) is 5.10 Å². The van der Waals surface area contributed by atoms with Gasteiger partial charge in [0.15, 0.2) is 6.23 Å². The highest BCUT2D eigenvalue weighted by Gasteiger charge is 2.28. The summed E-state index contributed by atoms with van der Waals surface area (Å²) in [7, 11) is 0. The fourth-order valence-corrected chi connectivity index (χ4v) is 1.57. The van der Waals surface area contributed by atoms with Gasteiger partial charge in [-0.3, -0.25) is 10.2 Å². The first-order chi connectivity index (χ1) is 7.80. The third-order valence-electron chi connectivity index (χ3n) is 2.38. The first-order valence-corrected chi connectivity index (χ1v) is 6.93. The van der Waals surface area contributed by atoms with Crippen LogP contribution in [0.25, 0.3) is 0 Å². The van der Waals surface area contributed by atoms with E-state index in [1.165, 1.54) is 0 Å². The first kappa shape index (κ1) is 14.5. The van der Waals surface area contributed by atoms with Crippen LogP contribution in [0.3, 0.4) is 0 Å². The second-order valence-corrected chi connectivity index (χ2v) is 6.42. The minimum atomic E-state index is -0.113. The Morgan fingerprint density at radius 3 is 2.76 bits per heavy atom. The number of hydrogen-bond donors (Lipinski definition) is 2. The van der Waals surface area contributed by atoms with E-state index in [0.717, 1.165) is 0 Å². The molecule has 1 aliphatic heterocycles. The van der Waals surface area contributed by atoms with Crippen LogP contribution in [0, 0.1) is 5.41 Å². The lowest BCUT2D eigenvalue weighted by molar-refractivity contribution is -0.121. The number of ether oxygens (including phenoxy) is 1. The van der Waals surface area contributed by atoms with Crippen molar-refractivity contribution < 1.29 is 9.53 Å². The average Bonchev–Trinajstić information content (AvgIpc) is 2.61. The van der Waals surface area contributed by atoms with Gasteiger partial charge in [0.2, 0.25) is 11.8 Å². The summed E-state index contributed by atoms with van der Waals surface area (Å²) in [6.45, 7) is 8.56. The molecule has 6 heteroatoms. The Hall–Kier alpha value is -0.530. The van der Waals surface area contributed by atoms with Gasteiger partial charge in [0.05, 0.1) is 3.92 Å². The monoisotopic (exact) mass is 353 g/mol. The molecule has 2 unspecified atom stereocenters. The summed E-state index contributed by atoms with van der Waals surface area (Å²) in [4.78, 5) is 11.8. The molecule has 0 spiro atoms. The van der Waals surface area contributed by atoms with E-state index in [4.69, 9.17) is 4.74 Å². The Kier molecular flexibility index (Phi) is 5.03. The van der Waals surface area contributed by atoms with Crippen LogP contribution in [-0.2, 0) is 9.53 Å². The van der Waals surface area contributed by atoms with Crippen molar-refractivity contribution >= 4 is 34.4 Å². The third-order valence-corrected chi connectivity index (χ3v) is 4.81. The molecule has 1 aliphatic rings. The van der Waals surface area contributed by atoms with Crippen molar-refractivity contribution in [2.45, 2.75) is 44.3 Å². The minimum Gasteiger partial charge on any atom is -0.455 e. The van der Waals surface area contributed by atoms with Crippen LogP contribution in [0.2, 0.25) is 0 Å². The maximum absolute atomic E-state index is 11.8. The number of carbonyl (C=O) groups excluding carboxylic acids is 1. The standard InChI is InChI=1S/C11H20IN3O2/c1-7-14-15-8(17-7)5-6-13-10(16)9(12)11(2,3)4/h8-9,15H,5-6H2,1-4H3,(H,13,16). The number of halogens is 1. The van der Waals surface area contributed by atoms with Gasteiger partial charge in [0.1, 0.15) is 0 Å². The third kappa shape index (κ3) is 4.69. The molecule has 1 heterocycles. The molecule has 0 aromatic carbocycles. The molecule has 0 saturated heterocycles. The second-order valence-electron chi connectivity index (χ2n) is 5.17. The largest absolute Gasteiger partial charge is 0.455 e. The van der Waals surface area contributed by atoms with Crippen LogP contribution in [-0.4, -0.2) is 28.5 Å². The van der Waals surface area contributed by atoms with Crippen molar-refractivity contribution in [1.82, 2.24) is 10.7 Å². The molecule has 98 valence electrons. The van der Waals surface area contributed by atoms with Crippen molar-refractivity contribution in [3.8, 4) is 0 Å². The fourth-order valence-electron chi connectivity index (χ4n) is 1.35. The molecule has 2 N–H and O–H groups in total. The molecule has 0 aliphatic carbocycles. The molecule has 5 nitrogen and oxygen atoms in total. The molecule has 0 bridgehead atoms. The highest BCUT2D eigenvalue weighted by Crippen LogP contribution is 2.26. The van der Waals surface area contributed by atoms with Gasteiger partial charge < -0.3 is 10.1 Å². The van der Waals surface area contributed by atoms with Gasteiger partial charge in [0.25, 0.3) is 0 Å². The average molecular weight is 353 g/mol. The lowest BCUT2D eigenvalue weighted by Crippen LogP contribution is -2.40. The highest BCUT2D eigenvalue weighted by atomic mass is 127. The van der Waals surface area contributed by atoms with Gasteiger partial charge in [-0.05, 0) is 5.41 Å². The Bertz CT molecular complexity index is 312. The van der Waals surface area contributed by atoms with E-state index in [2.05, 4.69) is 59.2 Å². The normalized spacial score (nSPS) is 21.2. The Labute approximate surface area is 116 Å². The zero-order chi connectivity index (χ0) is 13.1. The van der Waals surface area contributed by atoms with Gasteiger partial charge in [0, 0.05) is 19.9 Å². The molecule has 0 radical (unpaired) electrons. The first-order valence-electron chi connectivity index (χ1n) is 5.69. The van der Waals surface area contributed by atoms with Crippen LogP contribution in [0.4, 0.5) is 0 Å². The van der Waals surface area contributed by atoms with E-state index in [1.807, 2.05) is 0 Å². The Morgan fingerprint density at radius 2 is 2.29 bits per heavy atom. The van der Waals surface area contributed by atoms with E-state index >= 15 is 0 Å². The Balaban J connectivity index is 2.21. The van der Waals surface area contributed by atoms with E-state index in [0.29, 0.717) is 18.9 Å². The lowest BCUT2D eigenvalue weighted by Gasteiger charge is -2.24. The number of carbonyl (C=O) groups is 1. The molecular formula is C11H20IN3O2. The summed E-state index contributed by atoms with van der Waals surface area (Å²) in [5, 5.41) is 6.83. The summed E-state index contributed by atoms with van der Waals surface area (Å²) in [5.41, 5.74) is 2.83. The number of hydrazone groups is 1. The number of hydrogen-bond acceptors (Lipinski definition) is 4. The predicted molar refractivity (Wildman–Crippen MR) is 76.0 cm³/mol. The molecule has 2 atom stereocenters. The van der Waals surface area contributed by atoms with E-state index in [-0.39, 0.29) is 21.5 Å². The van der Waals surface area contributed by atoms with Crippen molar-refractivity contribution in [3.63, 3.8) is 0 Å². The van der Waals surface area contributed by atoms with E-state index in [1.54, 1.807) is 6.92 Å². The van der Waals surface area contributed by atoms with Crippen molar-refractivity contribution in [2.75, 3.05) is 6.54 Å². The topological polar surface area (TPSA) is 62.7 Å². The van der Waals surface area contributed by atoms with Crippen LogP contribution >= 0.6 is 22.6 Å². The molecule has 17 heavy (non-hydrogen) atoms. The van der Waals surface area contributed by atoms with Crippen molar-refractivity contribution in [3.05, 3.63) is 0 Å². The van der Waals surface area contributed by atoms with Gasteiger partial charge in [-0.15, -0.1) is 5.10 Å². The molecule has 0 saturated carbocycles. The number of alkyl halides is 1. The summed E-state index contributed by atoms with van der Waals surface area (Å²) in [6, 6.07) is 0. The number of nitrogens with one attached hydrogen (secondary N) is 2. The summed E-state index contributed by atoms with van der Waals surface area (Å²) >= 11 is 2.18. The lowest BCUT2D eigenvalue weighted by atomic mass is 9.92. The van der Waals surface area contributed by atoms with Crippen LogP contribution < -0.4 is 10.7 Å². The summed E-state index contributed by atoms with van der Waals surface area (Å²) in [5.74, 6) is 0.719. The van der Waals surface area contributed by atoms with E-state index < -0.39 is 0 Å². The van der Waals surface area contributed by atoms with Gasteiger partial charge in [-0.1, -0.05) is 43.4 Å². The zero-order valence-corrected chi connectivity index (χ0v) is 12.9. The maximum atomic E-state index is 11.8. The number of rotatable bonds is 4. The summed E-state index contributed by atoms with van der Waals surface area (Å²) in [6.07, 6.45) is 0.595. The molecule has 0 aromatic rings. The van der Waals surface area contributed by atoms with Gasteiger partial charge >= 0.3 is 0 Å². The molecule has 1 rings (SSSR count). The molecule has 1 amide bonds. The zero-order valence-electron chi connectivity index (χ0n) is 10.7. The number of amides is 1. The molecule has 0 fully saturated rings. The SMILES string of the molecule is CC1=NNC(CCNC(=O)C(I)C(C)(C)C)O1. The minimum absolute atomic E-state index is 0.0214. The number of nitrogens with zero attached hydrogens (tertiary/aromatic N) is 1. The maximum Gasteiger partial charge on any atom is 0.233 e. The molecule has 0 aromatic heterocycles. The molecular weight excluding hydrogens is 333 g/mol. The van der Waals surface area contributed by atoms with E-state index in [9.17, 15) is 4.79 Å². The predicted octanol–water partition coefficient (Wildman–Crippen LogP) is 1.62. The quantitative estimate of drug-likeness (QED) is 0.597. The Morgan fingerprint density at radius 1 is 1.65 bits per heavy atom. The van der Waals surface area contributed by atoms with Crippen LogP contribution in [0.1, 0.15) is 34.1 Å². The van der Waals surface area contributed by atoms with Gasteiger partial charge in [-0.2, -0.15) is 0 Å². The van der Waals surface area contributed by atoms with Crippen molar-refractivity contribution in [2.24, 2.45) is 10.5 Å². The highest BCUT2D eigenvalue weighted by molar-refractivity contribution is 14.1. The van der Waals surface area contributed by atoms with Gasteiger partial charge in [-0.25, -0.2) is 0 Å². The van der Waals surface area contributed by atoms with Crippen LogP contribution in [0.5, 0.6) is 0 Å².